The minimum Gasteiger partial charge on any atom is -0.462 e. The lowest BCUT2D eigenvalue weighted by molar-refractivity contribution is -0.305. The standard InChI is InChI=1S/C47H78O10/c1-3-5-7-9-11-13-15-17-19-20-22-24-26-28-30-32-34-36-43(50)56-40(39-55-47-46(53)45(52)44(51)41(37-48)57-47)38-54-42(49)35-33-31-29-27-25-23-21-18-16-14-12-10-8-6-4-2/h12,14,17-19,21-22,24-25,27-28,30,40-41,44-48,51-53H,3-11,13,15-16,20,23,26,29,31-39H2,1-2H3/b14-12+,19-17+,21-18+,24-22+,27-25+,30-28+/t40-,41-,44+,45?,46?,47-/m1/s1. The fourth-order valence-electron chi connectivity index (χ4n) is 6.03. The third-order valence-corrected chi connectivity index (χ3v) is 9.56. The smallest absolute Gasteiger partial charge is 0.306 e. The molecular weight excluding hydrogens is 725 g/mol. The van der Waals surface area contributed by atoms with E-state index in [4.69, 9.17) is 18.9 Å². The first-order valence-electron chi connectivity index (χ1n) is 22.0. The normalized spacial score (nSPS) is 21.0. The number of rotatable bonds is 35. The van der Waals surface area contributed by atoms with Gasteiger partial charge in [0.25, 0.3) is 0 Å². The second kappa shape index (κ2) is 37.4. The van der Waals surface area contributed by atoms with Gasteiger partial charge in [-0.3, -0.25) is 9.59 Å². The van der Waals surface area contributed by atoms with Gasteiger partial charge in [0.05, 0.1) is 13.2 Å². The molecule has 0 saturated carbocycles. The van der Waals surface area contributed by atoms with Crippen LogP contribution in [0.25, 0.3) is 0 Å². The quantitative estimate of drug-likeness (QED) is 0.0277. The van der Waals surface area contributed by atoms with Crippen LogP contribution in [0.2, 0.25) is 0 Å². The number of hydrogen-bond donors (Lipinski definition) is 4. The van der Waals surface area contributed by atoms with E-state index in [1.54, 1.807) is 0 Å². The average Bonchev–Trinajstić information content (AvgIpc) is 3.21. The molecular formula is C47H78O10. The Morgan fingerprint density at radius 3 is 1.56 bits per heavy atom. The fraction of sp³-hybridized carbons (Fsp3) is 0.702. The molecule has 326 valence electrons. The monoisotopic (exact) mass is 803 g/mol. The summed E-state index contributed by atoms with van der Waals surface area (Å²) < 4.78 is 22.0. The van der Waals surface area contributed by atoms with Crippen LogP contribution in [0.4, 0.5) is 0 Å². The number of esters is 2. The highest BCUT2D eigenvalue weighted by Crippen LogP contribution is 2.22. The van der Waals surface area contributed by atoms with Crippen molar-refractivity contribution in [1.82, 2.24) is 0 Å². The van der Waals surface area contributed by atoms with Crippen LogP contribution in [0.5, 0.6) is 0 Å². The Labute approximate surface area is 344 Å². The molecule has 0 bridgehead atoms. The van der Waals surface area contributed by atoms with E-state index in [1.165, 1.54) is 57.8 Å². The lowest BCUT2D eigenvalue weighted by atomic mass is 9.99. The van der Waals surface area contributed by atoms with Gasteiger partial charge in [0, 0.05) is 12.8 Å². The maximum absolute atomic E-state index is 12.7. The SMILES string of the molecule is CCCCC/C=C/C/C=C/C/C=C/CCCCC(=O)OC[C@H](CO[C@@H]1O[C@H](CO)[C@H](O)C(O)C1O)OC(=O)CCC/C=C/C/C=C/C/C=C/CCCCCCCC. The van der Waals surface area contributed by atoms with Crippen LogP contribution in [0.15, 0.2) is 72.9 Å². The lowest BCUT2D eigenvalue weighted by Crippen LogP contribution is -2.59. The van der Waals surface area contributed by atoms with Crippen molar-refractivity contribution in [1.29, 1.82) is 0 Å². The average molecular weight is 803 g/mol. The van der Waals surface area contributed by atoms with E-state index < -0.39 is 55.4 Å². The molecule has 6 atom stereocenters. The van der Waals surface area contributed by atoms with E-state index in [-0.39, 0.29) is 26.1 Å². The molecule has 1 saturated heterocycles. The predicted octanol–water partition coefficient (Wildman–Crippen LogP) is 9.22. The van der Waals surface area contributed by atoms with E-state index in [9.17, 15) is 30.0 Å². The van der Waals surface area contributed by atoms with Gasteiger partial charge < -0.3 is 39.4 Å². The summed E-state index contributed by atoms with van der Waals surface area (Å²) in [6, 6.07) is 0. The first kappa shape index (κ1) is 52.2. The number of aliphatic hydroxyl groups is 4. The van der Waals surface area contributed by atoms with E-state index in [0.717, 1.165) is 51.4 Å². The number of ether oxygens (including phenoxy) is 4. The van der Waals surface area contributed by atoms with Gasteiger partial charge in [0.15, 0.2) is 12.4 Å². The number of hydrogen-bond acceptors (Lipinski definition) is 10. The third-order valence-electron chi connectivity index (χ3n) is 9.56. The van der Waals surface area contributed by atoms with Crippen LogP contribution < -0.4 is 0 Å². The van der Waals surface area contributed by atoms with E-state index in [0.29, 0.717) is 19.3 Å². The Balaban J connectivity index is 2.43. The van der Waals surface area contributed by atoms with Crippen molar-refractivity contribution in [3.05, 3.63) is 72.9 Å². The highest BCUT2D eigenvalue weighted by molar-refractivity contribution is 5.70. The molecule has 10 heteroatoms. The Morgan fingerprint density at radius 2 is 1.00 bits per heavy atom. The van der Waals surface area contributed by atoms with Crippen molar-refractivity contribution >= 4 is 11.9 Å². The van der Waals surface area contributed by atoms with Crippen molar-refractivity contribution in [2.45, 2.75) is 192 Å². The van der Waals surface area contributed by atoms with Crippen LogP contribution in [0, 0.1) is 0 Å². The fourth-order valence-corrected chi connectivity index (χ4v) is 6.03. The van der Waals surface area contributed by atoms with Crippen molar-refractivity contribution in [3.63, 3.8) is 0 Å². The molecule has 4 N–H and O–H groups in total. The van der Waals surface area contributed by atoms with Gasteiger partial charge in [0.2, 0.25) is 0 Å². The zero-order valence-corrected chi connectivity index (χ0v) is 35.3. The zero-order valence-electron chi connectivity index (χ0n) is 35.3. The molecule has 0 aromatic carbocycles. The number of allylic oxidation sites excluding steroid dienone is 12. The molecule has 0 aliphatic carbocycles. The molecule has 0 aromatic heterocycles. The second-order valence-corrected chi connectivity index (χ2v) is 14.8. The third kappa shape index (κ3) is 29.1. The summed E-state index contributed by atoms with van der Waals surface area (Å²) in [5.74, 6) is -0.920. The molecule has 1 aliphatic heterocycles. The zero-order chi connectivity index (χ0) is 41.6. The van der Waals surface area contributed by atoms with E-state index in [2.05, 4.69) is 80.7 Å². The van der Waals surface area contributed by atoms with E-state index in [1.807, 2.05) is 6.08 Å². The molecule has 1 fully saturated rings. The van der Waals surface area contributed by atoms with Crippen molar-refractivity contribution in [2.75, 3.05) is 19.8 Å². The molecule has 0 radical (unpaired) electrons. The Kier molecular flexibility index (Phi) is 34.2. The number of unbranched alkanes of at least 4 members (excludes halogenated alkanes) is 12. The van der Waals surface area contributed by atoms with Crippen LogP contribution in [-0.4, -0.2) is 89.0 Å². The molecule has 1 aliphatic rings. The van der Waals surface area contributed by atoms with Crippen LogP contribution >= 0.6 is 0 Å². The first-order chi connectivity index (χ1) is 27.8. The minimum atomic E-state index is -1.61. The summed E-state index contributed by atoms with van der Waals surface area (Å²) in [6.45, 7) is 3.28. The summed E-state index contributed by atoms with van der Waals surface area (Å²) in [5.41, 5.74) is 0. The molecule has 0 amide bonds. The maximum Gasteiger partial charge on any atom is 0.306 e. The summed E-state index contributed by atoms with van der Waals surface area (Å²) in [5, 5.41) is 40.0. The number of carbonyl (C=O) groups is 2. The highest BCUT2D eigenvalue weighted by atomic mass is 16.7. The number of aliphatic hydroxyl groups excluding tert-OH is 4. The lowest BCUT2D eigenvalue weighted by Gasteiger charge is -2.39. The highest BCUT2D eigenvalue weighted by Gasteiger charge is 2.44. The molecule has 1 rings (SSSR count). The topological polar surface area (TPSA) is 152 Å². The summed E-state index contributed by atoms with van der Waals surface area (Å²) in [6.07, 6.45) is 39.2. The molecule has 57 heavy (non-hydrogen) atoms. The van der Waals surface area contributed by atoms with Gasteiger partial charge in [-0.05, 0) is 83.5 Å². The first-order valence-corrected chi connectivity index (χ1v) is 22.0. The molecule has 0 aromatic rings. The van der Waals surface area contributed by atoms with E-state index >= 15 is 0 Å². The number of carbonyl (C=O) groups excluding carboxylic acids is 2. The van der Waals surface area contributed by atoms with Crippen molar-refractivity contribution in [3.8, 4) is 0 Å². The molecule has 10 nitrogen and oxygen atoms in total. The van der Waals surface area contributed by atoms with Crippen LogP contribution in [0.1, 0.15) is 155 Å². The van der Waals surface area contributed by atoms with Crippen LogP contribution in [-0.2, 0) is 28.5 Å². The summed E-state index contributed by atoms with van der Waals surface area (Å²) >= 11 is 0. The van der Waals surface area contributed by atoms with Gasteiger partial charge in [-0.1, -0.05) is 132 Å². The summed E-state index contributed by atoms with van der Waals surface area (Å²) in [7, 11) is 0. The van der Waals surface area contributed by atoms with Gasteiger partial charge in [-0.25, -0.2) is 0 Å². The predicted molar refractivity (Wildman–Crippen MR) is 228 cm³/mol. The summed E-state index contributed by atoms with van der Waals surface area (Å²) in [4.78, 5) is 25.3. The Bertz CT molecular complexity index is 1160. The largest absolute Gasteiger partial charge is 0.462 e. The molecule has 2 unspecified atom stereocenters. The molecule has 0 spiro atoms. The second-order valence-electron chi connectivity index (χ2n) is 14.8. The van der Waals surface area contributed by atoms with Gasteiger partial charge in [0.1, 0.15) is 31.0 Å². The minimum absolute atomic E-state index is 0.146. The van der Waals surface area contributed by atoms with Gasteiger partial charge in [-0.2, -0.15) is 0 Å². The Morgan fingerprint density at radius 1 is 0.544 bits per heavy atom. The van der Waals surface area contributed by atoms with Gasteiger partial charge in [-0.15, -0.1) is 0 Å². The van der Waals surface area contributed by atoms with Crippen molar-refractivity contribution < 1.29 is 49.0 Å². The maximum atomic E-state index is 12.7. The van der Waals surface area contributed by atoms with Gasteiger partial charge >= 0.3 is 11.9 Å². The van der Waals surface area contributed by atoms with Crippen LogP contribution in [0.3, 0.4) is 0 Å². The molecule has 1 heterocycles. The van der Waals surface area contributed by atoms with Crippen molar-refractivity contribution in [2.24, 2.45) is 0 Å². The Hall–Kier alpha value is -2.86.